The zero-order chi connectivity index (χ0) is 21.8. The molecule has 0 aromatic heterocycles. The van der Waals surface area contributed by atoms with Crippen LogP contribution in [0.1, 0.15) is 40.1 Å². The summed E-state index contributed by atoms with van der Waals surface area (Å²) in [5.41, 5.74) is -1.80. The van der Waals surface area contributed by atoms with E-state index in [-0.39, 0.29) is 27.3 Å². The molecule has 0 atom stereocenters. The Morgan fingerprint density at radius 3 is 2.17 bits per heavy atom. The number of sulfonamides is 1. The Morgan fingerprint density at radius 2 is 1.62 bits per heavy atom. The fourth-order valence-corrected chi connectivity index (χ4v) is 4.14. The van der Waals surface area contributed by atoms with E-state index >= 15 is 0 Å². The molecular formula is C19H17F3N2O4S. The van der Waals surface area contributed by atoms with E-state index in [0.717, 1.165) is 27.0 Å². The number of carbonyl (C=O) groups excluding carboxylic acids is 2. The molecule has 3 rings (SSSR count). The van der Waals surface area contributed by atoms with Gasteiger partial charge in [0.25, 0.3) is 21.8 Å². The first kappa shape index (κ1) is 20.8. The third-order valence-electron chi connectivity index (χ3n) is 4.97. The van der Waals surface area contributed by atoms with E-state index in [4.69, 9.17) is 0 Å². The van der Waals surface area contributed by atoms with Gasteiger partial charge in [-0.2, -0.15) is 13.2 Å². The van der Waals surface area contributed by atoms with Crippen LogP contribution in [-0.4, -0.2) is 37.8 Å². The standard InChI is InChI=1S/C19H17F3N2O4S/c1-18(2,19(20,21)22)12-5-7-13(8-6-12)23-16(25)11-4-9-14-15(10-11)29(27,28)24(3)17(14)26/h4-10H,1-3H3,(H,23,25). The minimum absolute atomic E-state index is 0.00452. The largest absolute Gasteiger partial charge is 0.397 e. The number of amides is 2. The van der Waals surface area contributed by atoms with E-state index in [9.17, 15) is 31.2 Å². The summed E-state index contributed by atoms with van der Waals surface area (Å²) in [5.74, 6) is -1.34. The van der Waals surface area contributed by atoms with Crippen molar-refractivity contribution in [2.75, 3.05) is 12.4 Å². The highest BCUT2D eigenvalue weighted by Gasteiger charge is 2.48. The number of nitrogens with zero attached hydrogens (tertiary/aromatic N) is 1. The quantitative estimate of drug-likeness (QED) is 0.814. The second kappa shape index (κ2) is 6.58. The number of rotatable bonds is 3. The van der Waals surface area contributed by atoms with Crippen molar-refractivity contribution in [2.45, 2.75) is 30.3 Å². The van der Waals surface area contributed by atoms with E-state index in [1.807, 2.05) is 0 Å². The van der Waals surface area contributed by atoms with Crippen LogP contribution in [0.3, 0.4) is 0 Å². The summed E-state index contributed by atoms with van der Waals surface area (Å²) in [5, 5.41) is 2.50. The summed E-state index contributed by atoms with van der Waals surface area (Å²) in [6, 6.07) is 8.87. The molecule has 0 aliphatic carbocycles. The molecule has 154 valence electrons. The maximum absolute atomic E-state index is 13.1. The molecule has 0 saturated carbocycles. The Kier molecular flexibility index (Phi) is 4.73. The SMILES string of the molecule is CN1C(=O)c2ccc(C(=O)Nc3ccc(C(C)(C)C(F)(F)F)cc3)cc2S1(=O)=O. The van der Waals surface area contributed by atoms with Gasteiger partial charge in [-0.15, -0.1) is 0 Å². The van der Waals surface area contributed by atoms with Gasteiger partial charge in [0.1, 0.15) is 4.90 Å². The van der Waals surface area contributed by atoms with Gasteiger partial charge in [-0.05, 0) is 49.7 Å². The number of nitrogens with one attached hydrogen (secondary N) is 1. The number of fused-ring (bicyclic) bond motifs is 1. The predicted molar refractivity (Wildman–Crippen MR) is 99.2 cm³/mol. The maximum Gasteiger partial charge on any atom is 0.397 e. The molecule has 0 radical (unpaired) electrons. The molecule has 6 nitrogen and oxygen atoms in total. The van der Waals surface area contributed by atoms with Gasteiger partial charge in [-0.1, -0.05) is 12.1 Å². The van der Waals surface area contributed by atoms with Crippen molar-refractivity contribution in [3.05, 3.63) is 59.2 Å². The Hall–Kier alpha value is -2.88. The summed E-state index contributed by atoms with van der Waals surface area (Å²) >= 11 is 0. The summed E-state index contributed by atoms with van der Waals surface area (Å²) in [4.78, 5) is 24.1. The Labute approximate surface area is 165 Å². The van der Waals surface area contributed by atoms with Gasteiger partial charge >= 0.3 is 6.18 Å². The second-order valence-corrected chi connectivity index (χ2v) is 9.08. The smallest absolute Gasteiger partial charge is 0.322 e. The maximum atomic E-state index is 13.1. The monoisotopic (exact) mass is 426 g/mol. The van der Waals surface area contributed by atoms with Gasteiger partial charge in [0, 0.05) is 18.3 Å². The first-order chi connectivity index (χ1) is 13.3. The fourth-order valence-electron chi connectivity index (χ4n) is 2.82. The predicted octanol–water partition coefficient (Wildman–Crippen LogP) is 3.55. The first-order valence-corrected chi connectivity index (χ1v) is 9.87. The first-order valence-electron chi connectivity index (χ1n) is 8.43. The van der Waals surface area contributed by atoms with Crippen LogP contribution < -0.4 is 5.32 Å². The van der Waals surface area contributed by atoms with Crippen LogP contribution in [-0.2, 0) is 15.4 Å². The summed E-state index contributed by atoms with van der Waals surface area (Å²) in [7, 11) is -2.87. The molecule has 2 amide bonds. The normalized spacial score (nSPS) is 15.9. The Balaban J connectivity index is 1.84. The van der Waals surface area contributed by atoms with Gasteiger partial charge in [-0.3, -0.25) is 9.59 Å². The van der Waals surface area contributed by atoms with Crippen molar-refractivity contribution >= 4 is 27.5 Å². The fraction of sp³-hybridized carbons (Fsp3) is 0.263. The van der Waals surface area contributed by atoms with Gasteiger partial charge < -0.3 is 5.32 Å². The lowest BCUT2D eigenvalue weighted by molar-refractivity contribution is -0.180. The zero-order valence-electron chi connectivity index (χ0n) is 15.7. The molecule has 0 saturated heterocycles. The zero-order valence-corrected chi connectivity index (χ0v) is 16.5. The number of halogens is 3. The minimum atomic E-state index is -4.43. The van der Waals surface area contributed by atoms with E-state index in [0.29, 0.717) is 4.31 Å². The Bertz CT molecular complexity index is 1110. The van der Waals surface area contributed by atoms with Crippen molar-refractivity contribution in [3.63, 3.8) is 0 Å². The van der Waals surface area contributed by atoms with Crippen LogP contribution in [0.15, 0.2) is 47.4 Å². The third-order valence-corrected chi connectivity index (χ3v) is 6.75. The molecule has 29 heavy (non-hydrogen) atoms. The lowest BCUT2D eigenvalue weighted by Gasteiger charge is -2.28. The number of alkyl halides is 3. The van der Waals surface area contributed by atoms with Gasteiger partial charge in [-0.25, -0.2) is 12.7 Å². The topological polar surface area (TPSA) is 83.6 Å². The van der Waals surface area contributed by atoms with Gasteiger partial charge in [0.2, 0.25) is 0 Å². The number of hydrogen-bond acceptors (Lipinski definition) is 4. The third kappa shape index (κ3) is 3.37. The van der Waals surface area contributed by atoms with Crippen LogP contribution >= 0.6 is 0 Å². The summed E-state index contributed by atoms with van der Waals surface area (Å²) in [6.45, 7) is 2.12. The van der Waals surface area contributed by atoms with Crippen molar-refractivity contribution in [3.8, 4) is 0 Å². The van der Waals surface area contributed by atoms with Crippen molar-refractivity contribution in [2.24, 2.45) is 0 Å². The molecule has 0 bridgehead atoms. The average Bonchev–Trinajstić information content (AvgIpc) is 2.81. The van der Waals surface area contributed by atoms with Crippen molar-refractivity contribution in [1.82, 2.24) is 4.31 Å². The van der Waals surface area contributed by atoms with E-state index in [1.54, 1.807) is 0 Å². The number of carbonyl (C=O) groups is 2. The van der Waals surface area contributed by atoms with Crippen LogP contribution in [0.25, 0.3) is 0 Å². The van der Waals surface area contributed by atoms with Gasteiger partial charge in [0.15, 0.2) is 0 Å². The van der Waals surface area contributed by atoms with Crippen molar-refractivity contribution in [1.29, 1.82) is 0 Å². The molecule has 10 heteroatoms. The lowest BCUT2D eigenvalue weighted by atomic mass is 9.84. The molecule has 1 aliphatic heterocycles. The van der Waals surface area contributed by atoms with Crippen LogP contribution in [0.2, 0.25) is 0 Å². The van der Waals surface area contributed by atoms with Gasteiger partial charge in [0.05, 0.1) is 11.0 Å². The molecular weight excluding hydrogens is 409 g/mol. The molecule has 1 N–H and O–H groups in total. The van der Waals surface area contributed by atoms with Crippen LogP contribution in [0, 0.1) is 0 Å². The lowest BCUT2D eigenvalue weighted by Crippen LogP contribution is -2.36. The second-order valence-electron chi connectivity index (χ2n) is 7.14. The van der Waals surface area contributed by atoms with E-state index in [1.165, 1.54) is 36.4 Å². The highest BCUT2D eigenvalue weighted by atomic mass is 32.2. The molecule has 1 aliphatic rings. The highest BCUT2D eigenvalue weighted by molar-refractivity contribution is 7.90. The number of benzene rings is 2. The van der Waals surface area contributed by atoms with Crippen molar-refractivity contribution < 1.29 is 31.2 Å². The van der Waals surface area contributed by atoms with E-state index < -0.39 is 33.4 Å². The summed E-state index contributed by atoms with van der Waals surface area (Å²) in [6.07, 6.45) is -4.43. The molecule has 2 aromatic rings. The number of anilines is 1. The molecule has 0 spiro atoms. The molecule has 0 unspecified atom stereocenters. The summed E-state index contributed by atoms with van der Waals surface area (Å²) < 4.78 is 64.4. The van der Waals surface area contributed by atoms with Crippen LogP contribution in [0.5, 0.6) is 0 Å². The molecule has 2 aromatic carbocycles. The minimum Gasteiger partial charge on any atom is -0.322 e. The average molecular weight is 426 g/mol. The molecule has 0 fully saturated rings. The Morgan fingerprint density at radius 1 is 1.03 bits per heavy atom. The number of hydrogen-bond donors (Lipinski definition) is 1. The van der Waals surface area contributed by atoms with Crippen LogP contribution in [0.4, 0.5) is 18.9 Å². The highest BCUT2D eigenvalue weighted by Crippen LogP contribution is 2.40. The van der Waals surface area contributed by atoms with E-state index in [2.05, 4.69) is 5.32 Å². The molecule has 1 heterocycles.